The predicted molar refractivity (Wildman–Crippen MR) is 83.0 cm³/mol. The van der Waals surface area contributed by atoms with Crippen LogP contribution < -0.4 is 5.32 Å². The van der Waals surface area contributed by atoms with Crippen molar-refractivity contribution in [2.45, 2.75) is 44.7 Å². The highest BCUT2D eigenvalue weighted by molar-refractivity contribution is 5.14. The average Bonchev–Trinajstić information content (AvgIpc) is 3.04. The molecular formula is C17H26N2O2. The normalized spacial score (nSPS) is 29.0. The van der Waals surface area contributed by atoms with E-state index < -0.39 is 5.79 Å². The fourth-order valence-corrected chi connectivity index (χ4v) is 3.15. The Morgan fingerprint density at radius 2 is 2.10 bits per heavy atom. The van der Waals surface area contributed by atoms with E-state index in [1.807, 2.05) is 13.8 Å². The molecule has 4 heteroatoms. The maximum Gasteiger partial charge on any atom is 0.163 e. The molecule has 2 aliphatic rings. The molecule has 2 atom stereocenters. The van der Waals surface area contributed by atoms with Crippen molar-refractivity contribution in [3.05, 3.63) is 35.9 Å². The minimum absolute atomic E-state index is 0.183. The molecule has 0 bridgehead atoms. The van der Waals surface area contributed by atoms with Crippen molar-refractivity contribution in [1.29, 1.82) is 0 Å². The zero-order valence-corrected chi connectivity index (χ0v) is 13.0. The van der Waals surface area contributed by atoms with Gasteiger partial charge in [-0.3, -0.25) is 4.90 Å². The van der Waals surface area contributed by atoms with E-state index in [-0.39, 0.29) is 6.10 Å². The van der Waals surface area contributed by atoms with Gasteiger partial charge in [-0.15, -0.1) is 0 Å². The minimum Gasteiger partial charge on any atom is -0.348 e. The van der Waals surface area contributed by atoms with Gasteiger partial charge in [-0.1, -0.05) is 30.3 Å². The first kappa shape index (κ1) is 15.0. The van der Waals surface area contributed by atoms with Gasteiger partial charge in [-0.25, -0.2) is 0 Å². The lowest BCUT2D eigenvalue weighted by molar-refractivity contribution is -0.137. The number of hydrogen-bond donors (Lipinski definition) is 1. The number of rotatable bonds is 5. The van der Waals surface area contributed by atoms with E-state index >= 15 is 0 Å². The summed E-state index contributed by atoms with van der Waals surface area (Å²) in [4.78, 5) is 2.52. The number of ether oxygens (including phenoxy) is 2. The number of benzene rings is 1. The summed E-state index contributed by atoms with van der Waals surface area (Å²) in [5.74, 6) is -0.415. The molecular weight excluding hydrogens is 264 g/mol. The molecule has 2 heterocycles. The second-order valence-corrected chi connectivity index (χ2v) is 6.57. The van der Waals surface area contributed by atoms with Crippen molar-refractivity contribution in [2.24, 2.45) is 0 Å². The van der Waals surface area contributed by atoms with Crippen LogP contribution in [-0.2, 0) is 16.0 Å². The largest absolute Gasteiger partial charge is 0.348 e. The number of nitrogens with one attached hydrogen (secondary N) is 1. The maximum atomic E-state index is 5.83. The summed E-state index contributed by atoms with van der Waals surface area (Å²) in [6.07, 6.45) is 1.40. The zero-order chi connectivity index (χ0) is 14.7. The SMILES string of the molecule is CC1(C)OC[C@H](CN[C@H]2CCN(Cc3ccccc3)C2)O1. The molecule has 1 aromatic rings. The summed E-state index contributed by atoms with van der Waals surface area (Å²) in [6.45, 7) is 8.86. The molecule has 4 nitrogen and oxygen atoms in total. The quantitative estimate of drug-likeness (QED) is 0.899. The van der Waals surface area contributed by atoms with Gasteiger partial charge >= 0.3 is 0 Å². The summed E-state index contributed by atoms with van der Waals surface area (Å²) < 4.78 is 11.4. The summed E-state index contributed by atoms with van der Waals surface area (Å²) in [5.41, 5.74) is 1.40. The molecule has 21 heavy (non-hydrogen) atoms. The minimum atomic E-state index is -0.415. The van der Waals surface area contributed by atoms with Gasteiger partial charge in [0.05, 0.1) is 12.7 Å². The van der Waals surface area contributed by atoms with E-state index in [1.54, 1.807) is 0 Å². The molecule has 1 aromatic carbocycles. The van der Waals surface area contributed by atoms with Crippen LogP contribution in [0, 0.1) is 0 Å². The Hall–Kier alpha value is -0.940. The van der Waals surface area contributed by atoms with Crippen LogP contribution in [0.5, 0.6) is 0 Å². The van der Waals surface area contributed by atoms with E-state index in [4.69, 9.17) is 9.47 Å². The fraction of sp³-hybridized carbons (Fsp3) is 0.647. The van der Waals surface area contributed by atoms with Crippen LogP contribution in [0.15, 0.2) is 30.3 Å². The Kier molecular flexibility index (Phi) is 4.60. The first-order valence-corrected chi connectivity index (χ1v) is 7.92. The van der Waals surface area contributed by atoms with Gasteiger partial charge in [0.15, 0.2) is 5.79 Å². The van der Waals surface area contributed by atoms with Crippen LogP contribution in [0.25, 0.3) is 0 Å². The highest BCUT2D eigenvalue weighted by Gasteiger charge is 2.33. The predicted octanol–water partition coefficient (Wildman–Crippen LogP) is 2.00. The smallest absolute Gasteiger partial charge is 0.163 e. The van der Waals surface area contributed by atoms with Crippen LogP contribution in [0.1, 0.15) is 25.8 Å². The van der Waals surface area contributed by atoms with Crippen LogP contribution in [0.4, 0.5) is 0 Å². The standard InChI is InChI=1S/C17H26N2O2/c1-17(2)20-13-16(21-17)10-18-15-8-9-19(12-15)11-14-6-4-3-5-7-14/h3-7,15-16,18H,8-13H2,1-2H3/t15-,16-/m0/s1. The van der Waals surface area contributed by atoms with Crippen molar-refractivity contribution < 1.29 is 9.47 Å². The van der Waals surface area contributed by atoms with Crippen LogP contribution in [-0.4, -0.2) is 49.1 Å². The highest BCUT2D eigenvalue weighted by Crippen LogP contribution is 2.22. The molecule has 0 aromatic heterocycles. The van der Waals surface area contributed by atoms with Gasteiger partial charge in [0.25, 0.3) is 0 Å². The molecule has 1 N–H and O–H groups in total. The van der Waals surface area contributed by atoms with E-state index in [1.165, 1.54) is 18.5 Å². The average molecular weight is 290 g/mol. The molecule has 2 fully saturated rings. The molecule has 2 aliphatic heterocycles. The van der Waals surface area contributed by atoms with Gasteiger partial charge in [-0.2, -0.15) is 0 Å². The topological polar surface area (TPSA) is 33.7 Å². The second-order valence-electron chi connectivity index (χ2n) is 6.57. The van der Waals surface area contributed by atoms with Gasteiger partial charge in [0.2, 0.25) is 0 Å². The molecule has 0 amide bonds. The highest BCUT2D eigenvalue weighted by atomic mass is 16.7. The molecule has 0 unspecified atom stereocenters. The monoisotopic (exact) mass is 290 g/mol. The molecule has 0 spiro atoms. The van der Waals surface area contributed by atoms with Gasteiger partial charge in [0, 0.05) is 32.2 Å². The van der Waals surface area contributed by atoms with Crippen molar-refractivity contribution in [1.82, 2.24) is 10.2 Å². The fourth-order valence-electron chi connectivity index (χ4n) is 3.15. The van der Waals surface area contributed by atoms with Crippen molar-refractivity contribution in [2.75, 3.05) is 26.2 Å². The van der Waals surface area contributed by atoms with Crippen molar-refractivity contribution >= 4 is 0 Å². The van der Waals surface area contributed by atoms with Crippen molar-refractivity contribution in [3.8, 4) is 0 Å². The summed E-state index contributed by atoms with van der Waals surface area (Å²) in [6, 6.07) is 11.3. The maximum absolute atomic E-state index is 5.83. The Morgan fingerprint density at radius 1 is 1.29 bits per heavy atom. The Morgan fingerprint density at radius 3 is 2.81 bits per heavy atom. The number of nitrogens with zero attached hydrogens (tertiary/aromatic N) is 1. The molecule has 0 radical (unpaired) electrons. The van der Waals surface area contributed by atoms with E-state index in [9.17, 15) is 0 Å². The molecule has 116 valence electrons. The van der Waals surface area contributed by atoms with Crippen LogP contribution >= 0.6 is 0 Å². The Balaban J connectivity index is 1.39. The zero-order valence-electron chi connectivity index (χ0n) is 13.0. The van der Waals surface area contributed by atoms with Crippen molar-refractivity contribution in [3.63, 3.8) is 0 Å². The lowest BCUT2D eigenvalue weighted by atomic mass is 10.2. The van der Waals surface area contributed by atoms with Crippen LogP contribution in [0.2, 0.25) is 0 Å². The lowest BCUT2D eigenvalue weighted by Crippen LogP contribution is -2.38. The van der Waals surface area contributed by atoms with Gasteiger partial charge < -0.3 is 14.8 Å². The molecule has 0 aliphatic carbocycles. The van der Waals surface area contributed by atoms with E-state index in [0.717, 1.165) is 19.6 Å². The third kappa shape index (κ3) is 4.27. The number of hydrogen-bond acceptors (Lipinski definition) is 4. The summed E-state index contributed by atoms with van der Waals surface area (Å²) in [7, 11) is 0. The van der Waals surface area contributed by atoms with Gasteiger partial charge in [-0.05, 0) is 25.8 Å². The lowest BCUT2D eigenvalue weighted by Gasteiger charge is -2.19. The molecule has 2 saturated heterocycles. The second kappa shape index (κ2) is 6.44. The first-order chi connectivity index (χ1) is 10.1. The summed E-state index contributed by atoms with van der Waals surface area (Å²) in [5, 5.41) is 3.63. The third-order valence-electron chi connectivity index (χ3n) is 4.22. The third-order valence-corrected chi connectivity index (χ3v) is 4.22. The number of likely N-dealkylation sites (tertiary alicyclic amines) is 1. The van der Waals surface area contributed by atoms with Gasteiger partial charge in [0.1, 0.15) is 0 Å². The molecule has 0 saturated carbocycles. The molecule has 3 rings (SSSR count). The van der Waals surface area contributed by atoms with E-state index in [0.29, 0.717) is 12.6 Å². The van der Waals surface area contributed by atoms with Crippen LogP contribution in [0.3, 0.4) is 0 Å². The summed E-state index contributed by atoms with van der Waals surface area (Å²) >= 11 is 0. The van der Waals surface area contributed by atoms with E-state index in [2.05, 4.69) is 40.5 Å². The Bertz CT molecular complexity index is 449. The Labute approximate surface area is 127 Å². The first-order valence-electron chi connectivity index (χ1n) is 7.92.